The lowest BCUT2D eigenvalue weighted by Gasteiger charge is -2.24. The molecule has 0 fully saturated rings. The second kappa shape index (κ2) is 9.49. The molecule has 0 saturated carbocycles. The molecular formula is C26H25NO4. The van der Waals surface area contributed by atoms with Crippen LogP contribution in [-0.4, -0.2) is 24.2 Å². The molecule has 31 heavy (non-hydrogen) atoms. The number of fused-ring (bicyclic) bond motifs is 1. The number of ether oxygens (including phenoxy) is 2. The Labute approximate surface area is 182 Å². The highest BCUT2D eigenvalue weighted by atomic mass is 16.5. The Morgan fingerprint density at radius 1 is 1.00 bits per heavy atom. The van der Waals surface area contributed by atoms with Gasteiger partial charge in [-0.05, 0) is 61.0 Å². The molecule has 0 radical (unpaired) electrons. The molecule has 0 unspecified atom stereocenters. The molecule has 1 amide bonds. The molecule has 158 valence electrons. The first kappa shape index (κ1) is 20.7. The first-order valence-electron chi connectivity index (χ1n) is 10.4. The van der Waals surface area contributed by atoms with Crippen molar-refractivity contribution >= 4 is 23.4 Å². The third-order valence-corrected chi connectivity index (χ3v) is 5.14. The molecule has 1 heterocycles. The zero-order chi connectivity index (χ0) is 21.6. The first-order valence-corrected chi connectivity index (χ1v) is 10.4. The molecule has 0 aliphatic carbocycles. The van der Waals surface area contributed by atoms with E-state index < -0.39 is 0 Å². The van der Waals surface area contributed by atoms with Crippen molar-refractivity contribution in [3.63, 3.8) is 0 Å². The number of carbonyl (C=O) groups excluding carboxylic acids is 1. The third-order valence-electron chi connectivity index (χ3n) is 5.14. The van der Waals surface area contributed by atoms with Crippen LogP contribution in [-0.2, 0) is 11.4 Å². The number of hydrogen-bond acceptors (Lipinski definition) is 4. The fourth-order valence-electron chi connectivity index (χ4n) is 3.57. The van der Waals surface area contributed by atoms with Gasteiger partial charge in [0, 0.05) is 28.9 Å². The van der Waals surface area contributed by atoms with Crippen molar-refractivity contribution in [1.82, 2.24) is 0 Å². The maximum atomic E-state index is 13.7. The Kier molecular flexibility index (Phi) is 6.34. The van der Waals surface area contributed by atoms with E-state index in [2.05, 4.69) is 0 Å². The summed E-state index contributed by atoms with van der Waals surface area (Å²) in [5.74, 6) is 1.43. The number of anilines is 2. The second-order valence-electron chi connectivity index (χ2n) is 7.20. The SMILES string of the molecule is CCOc1ccc(N(C(=O)C2=Cc3ccccc3OCC2)c2ccc(CO)cc2)cc1. The molecule has 1 aliphatic rings. The minimum Gasteiger partial charge on any atom is -0.494 e. The van der Waals surface area contributed by atoms with E-state index in [-0.39, 0.29) is 12.5 Å². The minimum atomic E-state index is -0.110. The van der Waals surface area contributed by atoms with Crippen molar-refractivity contribution < 1.29 is 19.4 Å². The first-order chi connectivity index (χ1) is 15.2. The van der Waals surface area contributed by atoms with Crippen LogP contribution in [0.5, 0.6) is 11.5 Å². The number of rotatable bonds is 6. The summed E-state index contributed by atoms with van der Waals surface area (Å²) in [6.07, 6.45) is 2.42. The lowest BCUT2D eigenvalue weighted by atomic mass is 10.1. The Bertz CT molecular complexity index is 1070. The Morgan fingerprint density at radius 2 is 1.68 bits per heavy atom. The van der Waals surface area contributed by atoms with Crippen LogP contribution in [0, 0.1) is 0 Å². The summed E-state index contributed by atoms with van der Waals surface area (Å²) in [7, 11) is 0. The molecule has 0 saturated heterocycles. The number of para-hydroxylation sites is 1. The predicted octanol–water partition coefficient (Wildman–Crippen LogP) is 5.11. The topological polar surface area (TPSA) is 59.0 Å². The molecule has 0 aromatic heterocycles. The van der Waals surface area contributed by atoms with E-state index in [1.807, 2.05) is 85.8 Å². The zero-order valence-electron chi connectivity index (χ0n) is 17.5. The van der Waals surface area contributed by atoms with Crippen LogP contribution in [0.4, 0.5) is 11.4 Å². The lowest BCUT2D eigenvalue weighted by Crippen LogP contribution is -2.28. The Hall–Kier alpha value is -3.57. The van der Waals surface area contributed by atoms with E-state index in [9.17, 15) is 9.90 Å². The summed E-state index contributed by atoms with van der Waals surface area (Å²) in [6.45, 7) is 2.91. The van der Waals surface area contributed by atoms with E-state index in [1.54, 1.807) is 4.90 Å². The number of benzene rings is 3. The molecule has 5 nitrogen and oxygen atoms in total. The summed E-state index contributed by atoms with van der Waals surface area (Å²) >= 11 is 0. The second-order valence-corrected chi connectivity index (χ2v) is 7.20. The highest BCUT2D eigenvalue weighted by Crippen LogP contribution is 2.32. The van der Waals surface area contributed by atoms with Crippen molar-refractivity contribution in [3.8, 4) is 11.5 Å². The lowest BCUT2D eigenvalue weighted by molar-refractivity contribution is -0.114. The number of aliphatic hydroxyl groups excluding tert-OH is 1. The molecule has 1 aliphatic heterocycles. The molecule has 4 rings (SSSR count). The Morgan fingerprint density at radius 3 is 2.35 bits per heavy atom. The maximum Gasteiger partial charge on any atom is 0.258 e. The fraction of sp³-hybridized carbons (Fsp3) is 0.192. The quantitative estimate of drug-likeness (QED) is 0.608. The molecule has 3 aromatic carbocycles. The van der Waals surface area contributed by atoms with Gasteiger partial charge in [-0.1, -0.05) is 30.3 Å². The van der Waals surface area contributed by atoms with Crippen molar-refractivity contribution in [2.24, 2.45) is 0 Å². The van der Waals surface area contributed by atoms with E-state index in [0.717, 1.165) is 34.0 Å². The van der Waals surface area contributed by atoms with Gasteiger partial charge in [-0.15, -0.1) is 0 Å². The van der Waals surface area contributed by atoms with Gasteiger partial charge in [-0.2, -0.15) is 0 Å². The smallest absolute Gasteiger partial charge is 0.258 e. The molecule has 0 spiro atoms. The van der Waals surface area contributed by atoms with Crippen LogP contribution in [0.15, 0.2) is 78.4 Å². The zero-order valence-corrected chi connectivity index (χ0v) is 17.5. The van der Waals surface area contributed by atoms with Gasteiger partial charge < -0.3 is 14.6 Å². The van der Waals surface area contributed by atoms with Crippen molar-refractivity contribution in [1.29, 1.82) is 0 Å². The monoisotopic (exact) mass is 415 g/mol. The normalized spacial score (nSPS) is 12.8. The molecule has 0 atom stereocenters. The Balaban J connectivity index is 1.74. The van der Waals surface area contributed by atoms with Gasteiger partial charge in [0.1, 0.15) is 11.5 Å². The molecule has 0 bridgehead atoms. The van der Waals surface area contributed by atoms with Crippen LogP contribution in [0.2, 0.25) is 0 Å². The largest absolute Gasteiger partial charge is 0.494 e. The molecule has 1 N–H and O–H groups in total. The van der Waals surface area contributed by atoms with Crippen molar-refractivity contribution in [2.45, 2.75) is 20.0 Å². The van der Waals surface area contributed by atoms with E-state index in [4.69, 9.17) is 9.47 Å². The van der Waals surface area contributed by atoms with Gasteiger partial charge in [0.05, 0.1) is 19.8 Å². The highest BCUT2D eigenvalue weighted by Gasteiger charge is 2.24. The van der Waals surface area contributed by atoms with Crippen LogP contribution in [0.3, 0.4) is 0 Å². The predicted molar refractivity (Wildman–Crippen MR) is 122 cm³/mol. The number of aliphatic hydroxyl groups is 1. The van der Waals surface area contributed by atoms with E-state index in [0.29, 0.717) is 25.2 Å². The molecule has 5 heteroatoms. The minimum absolute atomic E-state index is 0.0451. The summed E-state index contributed by atoms with van der Waals surface area (Å²) < 4.78 is 11.4. The van der Waals surface area contributed by atoms with Gasteiger partial charge in [0.2, 0.25) is 0 Å². The molecule has 3 aromatic rings. The molecular weight excluding hydrogens is 390 g/mol. The van der Waals surface area contributed by atoms with Crippen molar-refractivity contribution in [2.75, 3.05) is 18.1 Å². The summed E-state index contributed by atoms with van der Waals surface area (Å²) in [6, 6.07) is 22.6. The highest BCUT2D eigenvalue weighted by molar-refractivity contribution is 6.13. The maximum absolute atomic E-state index is 13.7. The van der Waals surface area contributed by atoms with Crippen LogP contribution in [0.1, 0.15) is 24.5 Å². The third kappa shape index (κ3) is 4.62. The number of amides is 1. The summed E-state index contributed by atoms with van der Waals surface area (Å²) in [4.78, 5) is 15.4. The van der Waals surface area contributed by atoms with Gasteiger partial charge in [0.25, 0.3) is 5.91 Å². The fourth-order valence-corrected chi connectivity index (χ4v) is 3.57. The average Bonchev–Trinajstić information content (AvgIpc) is 3.03. The number of carbonyl (C=O) groups is 1. The van der Waals surface area contributed by atoms with E-state index in [1.165, 1.54) is 0 Å². The number of nitrogens with zero attached hydrogens (tertiary/aromatic N) is 1. The van der Waals surface area contributed by atoms with Gasteiger partial charge in [-0.3, -0.25) is 9.69 Å². The number of hydrogen-bond donors (Lipinski definition) is 1. The average molecular weight is 415 g/mol. The van der Waals surface area contributed by atoms with Crippen molar-refractivity contribution in [3.05, 3.63) is 89.5 Å². The van der Waals surface area contributed by atoms with Gasteiger partial charge in [-0.25, -0.2) is 0 Å². The van der Waals surface area contributed by atoms with Crippen LogP contribution >= 0.6 is 0 Å². The van der Waals surface area contributed by atoms with Gasteiger partial charge >= 0.3 is 0 Å². The summed E-state index contributed by atoms with van der Waals surface area (Å²) in [5, 5.41) is 9.39. The van der Waals surface area contributed by atoms with Gasteiger partial charge in [0.15, 0.2) is 0 Å². The van der Waals surface area contributed by atoms with E-state index >= 15 is 0 Å². The van der Waals surface area contributed by atoms with Crippen LogP contribution < -0.4 is 14.4 Å². The summed E-state index contributed by atoms with van der Waals surface area (Å²) in [5.41, 5.74) is 3.82. The standard InChI is InChI=1S/C26H25NO4/c1-2-30-24-13-11-23(12-14-24)27(22-9-7-19(18-28)8-10-22)26(29)21-15-16-31-25-6-4-3-5-20(25)17-21/h3-14,17,28H,2,15-16,18H2,1H3. The van der Waals surface area contributed by atoms with Crippen LogP contribution in [0.25, 0.3) is 6.08 Å².